The summed E-state index contributed by atoms with van der Waals surface area (Å²) in [6, 6.07) is 2.81. The van der Waals surface area contributed by atoms with E-state index in [4.69, 9.17) is 10.5 Å². The van der Waals surface area contributed by atoms with Crippen LogP contribution in [0.5, 0.6) is 5.88 Å². The van der Waals surface area contributed by atoms with Gasteiger partial charge in [0.2, 0.25) is 5.88 Å². The molecule has 3 heterocycles. The van der Waals surface area contributed by atoms with Crippen molar-refractivity contribution in [2.24, 2.45) is 11.7 Å². The summed E-state index contributed by atoms with van der Waals surface area (Å²) in [5.41, 5.74) is 4.97. The summed E-state index contributed by atoms with van der Waals surface area (Å²) in [4.78, 5) is 22.8. The minimum Gasteiger partial charge on any atom is -0.481 e. The maximum Gasteiger partial charge on any atom is 0.434 e. The lowest BCUT2D eigenvalue weighted by molar-refractivity contribution is -0.140. The summed E-state index contributed by atoms with van der Waals surface area (Å²) in [6.07, 6.45) is 0.300. The Morgan fingerprint density at radius 3 is 2.67 bits per heavy atom. The van der Waals surface area contributed by atoms with Gasteiger partial charge in [-0.2, -0.15) is 13.2 Å². The zero-order chi connectivity index (χ0) is 24.0. The Labute approximate surface area is 190 Å². The van der Waals surface area contributed by atoms with Crippen LogP contribution in [0.4, 0.5) is 18.9 Å². The highest BCUT2D eigenvalue weighted by Crippen LogP contribution is 2.45. The first-order valence-corrected chi connectivity index (χ1v) is 11.0. The summed E-state index contributed by atoms with van der Waals surface area (Å²) >= 11 is 0. The first kappa shape index (κ1) is 23.3. The minimum atomic E-state index is -4.73. The van der Waals surface area contributed by atoms with Crippen molar-refractivity contribution in [2.75, 3.05) is 25.1 Å². The van der Waals surface area contributed by atoms with Crippen molar-refractivity contribution in [1.29, 1.82) is 0 Å². The molecule has 33 heavy (non-hydrogen) atoms. The van der Waals surface area contributed by atoms with Gasteiger partial charge >= 0.3 is 6.18 Å². The van der Waals surface area contributed by atoms with E-state index in [-0.39, 0.29) is 34.3 Å². The Morgan fingerprint density at radius 2 is 2.09 bits per heavy atom. The molecule has 1 saturated carbocycles. The number of alkyl halides is 3. The van der Waals surface area contributed by atoms with Crippen molar-refractivity contribution in [3.05, 3.63) is 35.8 Å². The minimum absolute atomic E-state index is 0.0736. The molecule has 3 N–H and O–H groups in total. The van der Waals surface area contributed by atoms with E-state index in [0.29, 0.717) is 25.4 Å². The molecule has 0 bridgehead atoms. The third-order valence-corrected chi connectivity index (χ3v) is 6.31. The fourth-order valence-electron chi connectivity index (χ4n) is 4.34. The molecule has 1 unspecified atom stereocenters. The molecule has 1 aliphatic carbocycles. The van der Waals surface area contributed by atoms with Gasteiger partial charge in [-0.3, -0.25) is 9.78 Å². The number of pyridine rings is 2. The molecule has 2 atom stereocenters. The number of rotatable bonds is 6. The van der Waals surface area contributed by atoms with Gasteiger partial charge < -0.3 is 20.7 Å². The van der Waals surface area contributed by atoms with Crippen LogP contribution in [-0.2, 0) is 6.18 Å². The fourth-order valence-corrected chi connectivity index (χ4v) is 4.34. The quantitative estimate of drug-likeness (QED) is 0.680. The second-order valence-corrected chi connectivity index (χ2v) is 9.25. The molecule has 7 nitrogen and oxygen atoms in total. The fraction of sp³-hybridized carbons (Fsp3) is 0.522. The number of hydrogen-bond donors (Lipinski definition) is 2. The van der Waals surface area contributed by atoms with Crippen molar-refractivity contribution in [3.63, 3.8) is 0 Å². The molecule has 0 spiro atoms. The predicted molar refractivity (Wildman–Crippen MR) is 118 cm³/mol. The number of nitrogens with one attached hydrogen (secondary N) is 1. The van der Waals surface area contributed by atoms with Gasteiger partial charge in [0.05, 0.1) is 18.4 Å². The van der Waals surface area contributed by atoms with E-state index in [1.54, 1.807) is 4.90 Å². The van der Waals surface area contributed by atoms with Crippen molar-refractivity contribution >= 4 is 11.6 Å². The number of carbonyl (C=O) groups is 1. The van der Waals surface area contributed by atoms with E-state index < -0.39 is 23.3 Å². The maximum atomic E-state index is 14.1. The van der Waals surface area contributed by atoms with Gasteiger partial charge in [-0.15, -0.1) is 0 Å². The SMILES string of the molecule is COc1cc(-c2c(C(F)(F)F)ncc(C(=O)NC(C)C3CC3)c2N2CC[C@](C)(N)C2)ccn1. The lowest BCUT2D eigenvalue weighted by Crippen LogP contribution is -2.40. The van der Waals surface area contributed by atoms with E-state index in [2.05, 4.69) is 15.3 Å². The summed E-state index contributed by atoms with van der Waals surface area (Å²) in [5.74, 6) is 0.107. The second kappa shape index (κ2) is 8.48. The van der Waals surface area contributed by atoms with Crippen LogP contribution < -0.4 is 20.7 Å². The van der Waals surface area contributed by atoms with E-state index in [0.717, 1.165) is 19.0 Å². The van der Waals surface area contributed by atoms with Gasteiger partial charge in [0.15, 0.2) is 5.69 Å². The number of aromatic nitrogens is 2. The van der Waals surface area contributed by atoms with Crippen LogP contribution in [0.3, 0.4) is 0 Å². The third-order valence-electron chi connectivity index (χ3n) is 6.31. The van der Waals surface area contributed by atoms with Gasteiger partial charge in [-0.25, -0.2) is 4.98 Å². The molecule has 1 aliphatic heterocycles. The highest BCUT2D eigenvalue weighted by molar-refractivity contribution is 6.04. The number of anilines is 1. The van der Waals surface area contributed by atoms with E-state index in [1.165, 1.54) is 25.4 Å². The molecular formula is C23H28F3N5O2. The normalized spacial score (nSPS) is 21.7. The Bertz CT molecular complexity index is 1050. The molecule has 1 amide bonds. The van der Waals surface area contributed by atoms with Crippen molar-refractivity contribution in [3.8, 4) is 17.0 Å². The van der Waals surface area contributed by atoms with Crippen LogP contribution in [0.1, 0.15) is 49.2 Å². The first-order chi connectivity index (χ1) is 15.5. The van der Waals surface area contributed by atoms with Crippen LogP contribution in [0, 0.1) is 5.92 Å². The number of hydrogen-bond acceptors (Lipinski definition) is 6. The Hall–Kier alpha value is -2.88. The molecular weight excluding hydrogens is 435 g/mol. The molecule has 4 rings (SSSR count). The smallest absolute Gasteiger partial charge is 0.434 e. The van der Waals surface area contributed by atoms with Crippen LogP contribution in [-0.4, -0.2) is 47.7 Å². The second-order valence-electron chi connectivity index (χ2n) is 9.25. The molecule has 10 heteroatoms. The topological polar surface area (TPSA) is 93.4 Å². The highest BCUT2D eigenvalue weighted by Gasteiger charge is 2.41. The third kappa shape index (κ3) is 4.90. The van der Waals surface area contributed by atoms with E-state index >= 15 is 0 Å². The number of nitrogens with zero attached hydrogens (tertiary/aromatic N) is 3. The summed E-state index contributed by atoms with van der Waals surface area (Å²) < 4.78 is 47.6. The predicted octanol–water partition coefficient (Wildman–Crippen LogP) is 3.63. The van der Waals surface area contributed by atoms with Gasteiger partial charge in [0.1, 0.15) is 0 Å². The summed E-state index contributed by atoms with van der Waals surface area (Å²) in [7, 11) is 1.39. The molecule has 2 aromatic rings. The number of halogens is 3. The van der Waals surface area contributed by atoms with Crippen LogP contribution in [0.25, 0.3) is 11.1 Å². The molecule has 2 fully saturated rings. The molecule has 0 radical (unpaired) electrons. The van der Waals surface area contributed by atoms with E-state index in [1.807, 2.05) is 13.8 Å². The van der Waals surface area contributed by atoms with Gasteiger partial charge in [-0.1, -0.05) is 0 Å². The summed E-state index contributed by atoms with van der Waals surface area (Å²) in [6.45, 7) is 4.49. The number of methoxy groups -OCH3 is 1. The van der Waals surface area contributed by atoms with Crippen molar-refractivity contribution in [2.45, 2.75) is 50.9 Å². The number of carbonyl (C=O) groups excluding carboxylic acids is 1. The van der Waals surface area contributed by atoms with Gasteiger partial charge in [0.25, 0.3) is 5.91 Å². The van der Waals surface area contributed by atoms with Crippen molar-refractivity contribution in [1.82, 2.24) is 15.3 Å². The Kier molecular flexibility index (Phi) is 5.98. The molecule has 1 saturated heterocycles. The Balaban J connectivity index is 1.92. The number of ether oxygens (including phenoxy) is 1. The monoisotopic (exact) mass is 463 g/mol. The molecule has 2 aromatic heterocycles. The van der Waals surface area contributed by atoms with Crippen LogP contribution >= 0.6 is 0 Å². The number of amides is 1. The average molecular weight is 464 g/mol. The molecule has 0 aromatic carbocycles. The first-order valence-electron chi connectivity index (χ1n) is 11.0. The molecule has 178 valence electrons. The summed E-state index contributed by atoms with van der Waals surface area (Å²) in [5, 5.41) is 2.95. The standard InChI is InChI=1S/C23H28F3N5O2/c1-13(14-4-5-14)30-21(32)16-11-29-20(23(24,25)26)18(15-6-8-28-17(10-15)33-3)19(16)31-9-7-22(2,27)12-31/h6,8,10-11,13-14H,4-5,7,9,12,27H2,1-3H3,(H,30,32)/t13?,22-/m0/s1. The van der Waals surface area contributed by atoms with Crippen LogP contribution in [0.2, 0.25) is 0 Å². The largest absolute Gasteiger partial charge is 0.481 e. The van der Waals surface area contributed by atoms with Crippen molar-refractivity contribution < 1.29 is 22.7 Å². The zero-order valence-corrected chi connectivity index (χ0v) is 18.9. The van der Waals surface area contributed by atoms with Gasteiger partial charge in [0, 0.05) is 48.7 Å². The lowest BCUT2D eigenvalue weighted by atomic mass is 9.97. The number of nitrogens with two attached hydrogens (primary N) is 1. The highest BCUT2D eigenvalue weighted by atomic mass is 19.4. The molecule has 2 aliphatic rings. The van der Waals surface area contributed by atoms with E-state index in [9.17, 15) is 18.0 Å². The van der Waals surface area contributed by atoms with Crippen LogP contribution in [0.15, 0.2) is 24.5 Å². The van der Waals surface area contributed by atoms with Gasteiger partial charge in [-0.05, 0) is 50.7 Å². The zero-order valence-electron chi connectivity index (χ0n) is 18.9. The average Bonchev–Trinajstić information content (AvgIpc) is 3.55. The Morgan fingerprint density at radius 1 is 1.36 bits per heavy atom. The maximum absolute atomic E-state index is 14.1. The lowest BCUT2D eigenvalue weighted by Gasteiger charge is -2.28.